The van der Waals surface area contributed by atoms with Gasteiger partial charge in [0, 0.05) is 46.8 Å². The van der Waals surface area contributed by atoms with Gasteiger partial charge in [-0.25, -0.2) is 0 Å². The molecular formula is C40H29NOS2. The van der Waals surface area contributed by atoms with E-state index in [2.05, 4.69) is 122 Å². The second-order valence-electron chi connectivity index (χ2n) is 11.5. The summed E-state index contributed by atoms with van der Waals surface area (Å²) in [7, 11) is 0. The highest BCUT2D eigenvalue weighted by atomic mass is 32.2. The van der Waals surface area contributed by atoms with E-state index < -0.39 is 0 Å². The van der Waals surface area contributed by atoms with Crippen LogP contribution in [0.1, 0.15) is 25.3 Å². The van der Waals surface area contributed by atoms with E-state index in [1.54, 1.807) is 11.3 Å². The molecular weight excluding hydrogens is 575 g/mol. The Hall–Kier alpha value is -4.64. The van der Waals surface area contributed by atoms with E-state index in [0.717, 1.165) is 37.2 Å². The van der Waals surface area contributed by atoms with Crippen molar-refractivity contribution in [1.29, 1.82) is 0 Å². The molecule has 0 N–H and O–H groups in total. The average Bonchev–Trinajstić information content (AvgIpc) is 3.06. The molecule has 2 heterocycles. The van der Waals surface area contributed by atoms with Crippen molar-refractivity contribution in [3.8, 4) is 22.3 Å². The fourth-order valence-electron chi connectivity index (χ4n) is 6.23. The summed E-state index contributed by atoms with van der Waals surface area (Å²) in [5.74, 6) is 0.412. The predicted octanol–water partition coefficient (Wildman–Crippen LogP) is 11.8. The molecule has 0 saturated carbocycles. The maximum absolute atomic E-state index is 13.5. The molecule has 1 aliphatic rings. The monoisotopic (exact) mass is 603 g/mol. The Bertz CT molecular complexity index is 2280. The predicted molar refractivity (Wildman–Crippen MR) is 189 cm³/mol. The molecule has 44 heavy (non-hydrogen) atoms. The van der Waals surface area contributed by atoms with Gasteiger partial charge in [-0.3, -0.25) is 4.79 Å². The van der Waals surface area contributed by atoms with Gasteiger partial charge in [0.2, 0.25) is 0 Å². The molecule has 0 saturated heterocycles. The van der Waals surface area contributed by atoms with Gasteiger partial charge in [-0.05, 0) is 83.3 Å². The van der Waals surface area contributed by atoms with E-state index in [4.69, 9.17) is 0 Å². The van der Waals surface area contributed by atoms with E-state index in [1.165, 1.54) is 37.6 Å². The first kappa shape index (κ1) is 26.9. The molecule has 0 aliphatic carbocycles. The van der Waals surface area contributed by atoms with Crippen LogP contribution in [0.25, 0.3) is 42.4 Å². The molecule has 212 valence electrons. The minimum absolute atomic E-state index is 0.0868. The topological polar surface area (TPSA) is 20.3 Å². The van der Waals surface area contributed by atoms with Gasteiger partial charge in [-0.1, -0.05) is 98.4 Å². The highest BCUT2D eigenvalue weighted by Gasteiger charge is 2.25. The SMILES string of the molecule is CC(C)c1ccc2c(c1)-c1ccccc1N(c1ccc3c(=O)c4ccccc4sc3c1)c1ccccc1-c1ccccc1S2. The van der Waals surface area contributed by atoms with Crippen LogP contribution in [0, 0.1) is 0 Å². The molecule has 0 fully saturated rings. The Morgan fingerprint density at radius 3 is 1.93 bits per heavy atom. The number of hydrogen-bond donors (Lipinski definition) is 0. The highest BCUT2D eigenvalue weighted by molar-refractivity contribution is 7.99. The van der Waals surface area contributed by atoms with Crippen molar-refractivity contribution in [2.75, 3.05) is 4.90 Å². The molecule has 2 nitrogen and oxygen atoms in total. The summed E-state index contributed by atoms with van der Waals surface area (Å²) < 4.78 is 1.99. The smallest absolute Gasteiger partial charge is 0.195 e. The van der Waals surface area contributed by atoms with Gasteiger partial charge in [0.05, 0.1) is 11.4 Å². The van der Waals surface area contributed by atoms with Crippen molar-refractivity contribution >= 4 is 60.3 Å². The lowest BCUT2D eigenvalue weighted by atomic mass is 9.95. The van der Waals surface area contributed by atoms with Crippen molar-refractivity contribution in [3.63, 3.8) is 0 Å². The molecule has 4 heteroatoms. The molecule has 6 aromatic carbocycles. The van der Waals surface area contributed by atoms with Crippen LogP contribution >= 0.6 is 23.1 Å². The van der Waals surface area contributed by atoms with Gasteiger partial charge in [-0.2, -0.15) is 0 Å². The lowest BCUT2D eigenvalue weighted by Crippen LogP contribution is -2.13. The van der Waals surface area contributed by atoms with Gasteiger partial charge in [0.1, 0.15) is 0 Å². The standard InChI is InChI=1S/C40H29NOS2/c1-25(2)26-19-22-38-33(23-26)29-12-4-8-16-35(29)41(34-15-7-3-11-28(34)30-13-5-9-17-36(30)43-38)27-20-21-32-39(24-27)44-37-18-10-6-14-31(37)40(32)42/h3-25H,1-2H3. The van der Waals surface area contributed by atoms with Gasteiger partial charge in [0.15, 0.2) is 5.43 Å². The summed E-state index contributed by atoms with van der Waals surface area (Å²) >= 11 is 3.51. The largest absolute Gasteiger partial charge is 0.309 e. The Morgan fingerprint density at radius 2 is 1.16 bits per heavy atom. The minimum Gasteiger partial charge on any atom is -0.309 e. The summed E-state index contributed by atoms with van der Waals surface area (Å²) in [5, 5.41) is 1.54. The second-order valence-corrected chi connectivity index (χ2v) is 13.7. The zero-order valence-corrected chi connectivity index (χ0v) is 26.1. The first-order valence-corrected chi connectivity index (χ1v) is 16.6. The third kappa shape index (κ3) is 4.45. The lowest BCUT2D eigenvalue weighted by molar-refractivity contribution is 0.865. The van der Waals surface area contributed by atoms with Gasteiger partial charge < -0.3 is 4.90 Å². The average molecular weight is 604 g/mol. The highest BCUT2D eigenvalue weighted by Crippen LogP contribution is 2.51. The molecule has 0 atom stereocenters. The molecule has 0 unspecified atom stereocenters. The Labute approximate surface area is 265 Å². The zero-order valence-electron chi connectivity index (χ0n) is 24.5. The van der Waals surface area contributed by atoms with E-state index in [0.29, 0.717) is 5.92 Å². The number of para-hydroxylation sites is 2. The Morgan fingerprint density at radius 1 is 0.545 bits per heavy atom. The van der Waals surface area contributed by atoms with E-state index in [1.807, 2.05) is 42.1 Å². The number of nitrogens with zero attached hydrogens (tertiary/aromatic N) is 1. The lowest BCUT2D eigenvalue weighted by Gasteiger charge is -2.31. The summed E-state index contributed by atoms with van der Waals surface area (Å²) in [6.45, 7) is 4.51. The first-order chi connectivity index (χ1) is 21.6. The number of rotatable bonds is 2. The Kier molecular flexibility index (Phi) is 6.62. The van der Waals surface area contributed by atoms with Crippen LogP contribution in [0.15, 0.2) is 148 Å². The van der Waals surface area contributed by atoms with Crippen LogP contribution in [-0.4, -0.2) is 0 Å². The van der Waals surface area contributed by atoms with Crippen molar-refractivity contribution in [3.05, 3.63) is 149 Å². The van der Waals surface area contributed by atoms with E-state index in [-0.39, 0.29) is 5.43 Å². The molecule has 1 aliphatic heterocycles. The van der Waals surface area contributed by atoms with Crippen molar-refractivity contribution < 1.29 is 0 Å². The van der Waals surface area contributed by atoms with Crippen LogP contribution < -0.4 is 10.3 Å². The maximum Gasteiger partial charge on any atom is 0.195 e. The third-order valence-corrected chi connectivity index (χ3v) is 10.8. The fraction of sp³-hybridized carbons (Fsp3) is 0.0750. The van der Waals surface area contributed by atoms with Gasteiger partial charge in [-0.15, -0.1) is 11.3 Å². The van der Waals surface area contributed by atoms with Crippen molar-refractivity contribution in [1.82, 2.24) is 0 Å². The molecule has 0 radical (unpaired) electrons. The number of benzene rings is 6. The summed E-state index contributed by atoms with van der Waals surface area (Å²) in [6, 6.07) is 47.3. The fourth-order valence-corrected chi connectivity index (χ4v) is 8.42. The summed E-state index contributed by atoms with van der Waals surface area (Å²) in [6.07, 6.45) is 0. The molecule has 0 bridgehead atoms. The molecule has 1 aromatic heterocycles. The van der Waals surface area contributed by atoms with Gasteiger partial charge in [0.25, 0.3) is 0 Å². The van der Waals surface area contributed by atoms with Gasteiger partial charge >= 0.3 is 0 Å². The third-order valence-electron chi connectivity index (χ3n) is 8.47. The van der Waals surface area contributed by atoms with Crippen LogP contribution in [0.2, 0.25) is 0 Å². The van der Waals surface area contributed by atoms with Crippen LogP contribution in [0.4, 0.5) is 17.1 Å². The van der Waals surface area contributed by atoms with Crippen LogP contribution in [0.5, 0.6) is 0 Å². The van der Waals surface area contributed by atoms with Crippen LogP contribution in [-0.2, 0) is 0 Å². The number of fused-ring (bicyclic) bond motifs is 8. The molecule has 0 spiro atoms. The number of anilines is 3. The van der Waals surface area contributed by atoms with Crippen molar-refractivity contribution in [2.24, 2.45) is 0 Å². The second kappa shape index (κ2) is 10.8. The van der Waals surface area contributed by atoms with Crippen LogP contribution in [0.3, 0.4) is 0 Å². The first-order valence-electron chi connectivity index (χ1n) is 14.9. The number of hydrogen-bond acceptors (Lipinski definition) is 4. The zero-order chi connectivity index (χ0) is 29.8. The van der Waals surface area contributed by atoms with Crippen molar-refractivity contribution in [2.45, 2.75) is 29.6 Å². The molecule has 8 rings (SSSR count). The quantitative estimate of drug-likeness (QED) is 0.183. The summed E-state index contributed by atoms with van der Waals surface area (Å²) in [5.41, 5.74) is 9.41. The molecule has 7 aromatic rings. The normalized spacial score (nSPS) is 12.5. The van der Waals surface area contributed by atoms with E-state index >= 15 is 0 Å². The maximum atomic E-state index is 13.5. The molecule has 0 amide bonds. The van der Waals surface area contributed by atoms with E-state index in [9.17, 15) is 4.79 Å². The minimum atomic E-state index is 0.0868. The summed E-state index contributed by atoms with van der Waals surface area (Å²) in [4.78, 5) is 18.3. The Balaban J connectivity index is 1.47.